The van der Waals surface area contributed by atoms with E-state index in [0.717, 1.165) is 63.1 Å². The van der Waals surface area contributed by atoms with Crippen molar-refractivity contribution in [2.45, 2.75) is 13.3 Å². The van der Waals surface area contributed by atoms with Gasteiger partial charge in [-0.05, 0) is 30.7 Å². The van der Waals surface area contributed by atoms with Crippen LogP contribution in [0.4, 0.5) is 11.6 Å². The number of aromatic nitrogens is 2. The maximum absolute atomic E-state index is 5.27. The fourth-order valence-corrected chi connectivity index (χ4v) is 3.07. The van der Waals surface area contributed by atoms with E-state index >= 15 is 0 Å². The quantitative estimate of drug-likeness (QED) is 0.834. The molecule has 0 saturated carbocycles. The Hall–Kier alpha value is -2.34. The van der Waals surface area contributed by atoms with E-state index in [-0.39, 0.29) is 0 Å². The number of nitrogens with zero attached hydrogens (tertiary/aromatic N) is 4. The molecule has 25 heavy (non-hydrogen) atoms. The first-order valence-electron chi connectivity index (χ1n) is 8.94. The van der Waals surface area contributed by atoms with Crippen LogP contribution in [0.1, 0.15) is 12.5 Å². The van der Waals surface area contributed by atoms with Crippen molar-refractivity contribution in [3.8, 4) is 5.75 Å². The van der Waals surface area contributed by atoms with E-state index < -0.39 is 0 Å². The number of likely N-dealkylation sites (N-methyl/N-ethyl adjacent to an activating group) is 1. The Morgan fingerprint density at radius 1 is 1.12 bits per heavy atom. The van der Waals surface area contributed by atoms with E-state index in [1.807, 2.05) is 18.2 Å². The molecular weight excluding hydrogens is 314 g/mol. The Morgan fingerprint density at radius 3 is 2.72 bits per heavy atom. The van der Waals surface area contributed by atoms with Crippen LogP contribution in [0.5, 0.6) is 5.75 Å². The van der Waals surface area contributed by atoms with Gasteiger partial charge in [-0.1, -0.05) is 19.1 Å². The van der Waals surface area contributed by atoms with Crippen molar-refractivity contribution in [3.63, 3.8) is 0 Å². The third-order valence-corrected chi connectivity index (χ3v) is 4.65. The zero-order chi connectivity index (χ0) is 17.5. The third-order valence-electron chi connectivity index (χ3n) is 4.65. The van der Waals surface area contributed by atoms with Crippen LogP contribution in [0.2, 0.25) is 0 Å². The minimum Gasteiger partial charge on any atom is -0.497 e. The molecule has 2 aromatic rings. The lowest BCUT2D eigenvalue weighted by atomic mass is 10.1. The predicted octanol–water partition coefficient (Wildman–Crippen LogP) is 2.28. The highest BCUT2D eigenvalue weighted by molar-refractivity contribution is 5.48. The second-order valence-electron chi connectivity index (χ2n) is 6.21. The molecule has 0 unspecified atom stereocenters. The highest BCUT2D eigenvalue weighted by atomic mass is 16.5. The number of piperazine rings is 1. The average molecular weight is 341 g/mol. The van der Waals surface area contributed by atoms with Crippen LogP contribution < -0.4 is 15.0 Å². The van der Waals surface area contributed by atoms with Gasteiger partial charge in [0.25, 0.3) is 0 Å². The van der Waals surface area contributed by atoms with Gasteiger partial charge in [0.1, 0.15) is 23.7 Å². The van der Waals surface area contributed by atoms with Gasteiger partial charge in [0, 0.05) is 38.8 Å². The number of hydrogen-bond donors (Lipinski definition) is 1. The van der Waals surface area contributed by atoms with Crippen molar-refractivity contribution >= 4 is 11.6 Å². The highest BCUT2D eigenvalue weighted by Crippen LogP contribution is 2.17. The molecule has 6 nitrogen and oxygen atoms in total. The Labute approximate surface area is 149 Å². The first-order chi connectivity index (χ1) is 12.3. The van der Waals surface area contributed by atoms with Gasteiger partial charge in [0.2, 0.25) is 0 Å². The highest BCUT2D eigenvalue weighted by Gasteiger charge is 2.17. The maximum Gasteiger partial charge on any atom is 0.134 e. The van der Waals surface area contributed by atoms with Crippen LogP contribution in [-0.4, -0.2) is 61.2 Å². The normalized spacial score (nSPS) is 15.2. The smallest absolute Gasteiger partial charge is 0.134 e. The molecule has 1 aliphatic heterocycles. The molecule has 1 fully saturated rings. The maximum atomic E-state index is 5.27. The molecule has 0 spiro atoms. The van der Waals surface area contributed by atoms with Crippen molar-refractivity contribution in [2.75, 3.05) is 56.6 Å². The van der Waals surface area contributed by atoms with Gasteiger partial charge in [-0.2, -0.15) is 0 Å². The van der Waals surface area contributed by atoms with Crippen molar-refractivity contribution in [1.82, 2.24) is 14.9 Å². The summed E-state index contributed by atoms with van der Waals surface area (Å²) < 4.78 is 5.27. The summed E-state index contributed by atoms with van der Waals surface area (Å²) in [5.74, 6) is 2.79. The van der Waals surface area contributed by atoms with E-state index in [9.17, 15) is 0 Å². The number of rotatable bonds is 7. The van der Waals surface area contributed by atoms with Crippen LogP contribution in [-0.2, 0) is 6.42 Å². The lowest BCUT2D eigenvalue weighted by molar-refractivity contribution is 0.270. The summed E-state index contributed by atoms with van der Waals surface area (Å²) >= 11 is 0. The molecule has 0 radical (unpaired) electrons. The van der Waals surface area contributed by atoms with E-state index in [0.29, 0.717) is 0 Å². The molecule has 1 aromatic heterocycles. The fraction of sp³-hybridized carbons (Fsp3) is 0.474. The largest absolute Gasteiger partial charge is 0.497 e. The van der Waals surface area contributed by atoms with Gasteiger partial charge in [0.05, 0.1) is 7.11 Å². The second-order valence-corrected chi connectivity index (χ2v) is 6.21. The fourth-order valence-electron chi connectivity index (χ4n) is 3.07. The van der Waals surface area contributed by atoms with Crippen LogP contribution in [0.3, 0.4) is 0 Å². The molecule has 3 rings (SSSR count). The molecule has 0 bridgehead atoms. The molecule has 1 N–H and O–H groups in total. The molecule has 2 heterocycles. The number of hydrogen-bond acceptors (Lipinski definition) is 6. The molecule has 1 aromatic carbocycles. The first-order valence-corrected chi connectivity index (χ1v) is 8.94. The summed E-state index contributed by atoms with van der Waals surface area (Å²) in [4.78, 5) is 13.6. The average Bonchev–Trinajstić information content (AvgIpc) is 2.68. The second kappa shape index (κ2) is 8.67. The summed E-state index contributed by atoms with van der Waals surface area (Å²) in [7, 11) is 1.69. The SMILES string of the molecule is CCN1CCN(c2cc(NCCc3cccc(OC)c3)ncn2)CC1. The molecule has 0 aliphatic carbocycles. The number of ether oxygens (including phenoxy) is 1. The number of benzene rings is 1. The zero-order valence-electron chi connectivity index (χ0n) is 15.1. The summed E-state index contributed by atoms with van der Waals surface area (Å²) in [6.07, 6.45) is 2.57. The molecular formula is C19H27N5O. The molecule has 0 amide bonds. The van der Waals surface area contributed by atoms with E-state index in [1.165, 1.54) is 5.56 Å². The van der Waals surface area contributed by atoms with E-state index in [2.05, 4.69) is 44.1 Å². The molecule has 1 saturated heterocycles. The number of nitrogens with one attached hydrogen (secondary N) is 1. The van der Waals surface area contributed by atoms with Crippen LogP contribution in [0.15, 0.2) is 36.7 Å². The van der Waals surface area contributed by atoms with Crippen molar-refractivity contribution in [2.24, 2.45) is 0 Å². The summed E-state index contributed by atoms with van der Waals surface area (Å²) in [6.45, 7) is 8.40. The summed E-state index contributed by atoms with van der Waals surface area (Å²) in [5.41, 5.74) is 1.25. The van der Waals surface area contributed by atoms with Gasteiger partial charge < -0.3 is 19.9 Å². The number of anilines is 2. The van der Waals surface area contributed by atoms with Gasteiger partial charge in [0.15, 0.2) is 0 Å². The van der Waals surface area contributed by atoms with Crippen LogP contribution >= 0.6 is 0 Å². The molecule has 1 aliphatic rings. The molecule has 134 valence electrons. The number of methoxy groups -OCH3 is 1. The Bertz CT molecular complexity index is 670. The lowest BCUT2D eigenvalue weighted by Gasteiger charge is -2.34. The van der Waals surface area contributed by atoms with Crippen LogP contribution in [0, 0.1) is 0 Å². The van der Waals surface area contributed by atoms with Crippen molar-refractivity contribution in [1.29, 1.82) is 0 Å². The zero-order valence-corrected chi connectivity index (χ0v) is 15.1. The summed E-state index contributed by atoms with van der Waals surface area (Å²) in [5, 5.41) is 3.40. The standard InChI is InChI=1S/C19H27N5O/c1-3-23-9-11-24(12-10-23)19-14-18(21-15-22-19)20-8-7-16-5-4-6-17(13-16)25-2/h4-6,13-15H,3,7-12H2,1-2H3,(H,20,21,22). The van der Waals surface area contributed by atoms with Gasteiger partial charge >= 0.3 is 0 Å². The van der Waals surface area contributed by atoms with Gasteiger partial charge in [-0.15, -0.1) is 0 Å². The topological polar surface area (TPSA) is 53.5 Å². The van der Waals surface area contributed by atoms with Crippen molar-refractivity contribution in [3.05, 3.63) is 42.2 Å². The Balaban J connectivity index is 1.53. The Morgan fingerprint density at radius 2 is 1.96 bits per heavy atom. The predicted molar refractivity (Wildman–Crippen MR) is 102 cm³/mol. The van der Waals surface area contributed by atoms with Crippen LogP contribution in [0.25, 0.3) is 0 Å². The third kappa shape index (κ3) is 4.82. The molecule has 0 atom stereocenters. The van der Waals surface area contributed by atoms with Gasteiger partial charge in [-0.25, -0.2) is 9.97 Å². The van der Waals surface area contributed by atoms with Crippen molar-refractivity contribution < 1.29 is 4.74 Å². The summed E-state index contributed by atoms with van der Waals surface area (Å²) in [6, 6.07) is 10.2. The lowest BCUT2D eigenvalue weighted by Crippen LogP contribution is -2.46. The van der Waals surface area contributed by atoms with E-state index in [1.54, 1.807) is 13.4 Å². The minimum absolute atomic E-state index is 0.827. The minimum atomic E-state index is 0.827. The molecule has 6 heteroatoms. The monoisotopic (exact) mass is 341 g/mol. The first kappa shape index (κ1) is 17.5. The van der Waals surface area contributed by atoms with E-state index in [4.69, 9.17) is 4.74 Å². The van der Waals surface area contributed by atoms with Gasteiger partial charge in [-0.3, -0.25) is 0 Å². The Kier molecular flexibility index (Phi) is 6.06.